The zero-order valence-electron chi connectivity index (χ0n) is 34.7. The summed E-state index contributed by atoms with van der Waals surface area (Å²) in [4.78, 5) is 23.4. The second kappa shape index (κ2) is 44.0. The molecule has 1 N–H and O–H groups in total. The summed E-state index contributed by atoms with van der Waals surface area (Å²) < 4.78 is 80.3. The Morgan fingerprint density at radius 3 is 1.18 bits per heavy atom. The third-order valence-electron chi connectivity index (χ3n) is 6.90. The molecule has 0 aromatic heterocycles. The Hall–Kier alpha value is -1.53. The topological polar surface area (TPSA) is 193 Å². The number of hydrogen-bond acceptors (Lipinski definition) is 19. The maximum absolute atomic E-state index is 12.4. The number of ether oxygens (including phenoxy) is 15. The summed E-state index contributed by atoms with van der Waals surface area (Å²) in [7, 11) is 1.64. The van der Waals surface area contributed by atoms with E-state index in [4.69, 9.17) is 71.1 Å². The molecule has 1 unspecified atom stereocenters. The number of carbonyl (C=O) groups excluding carboxylic acids is 2. The Balaban J connectivity index is 3.29. The lowest BCUT2D eigenvalue weighted by atomic mass is 9.97. The second-order valence-electron chi connectivity index (χ2n) is 12.4. The van der Waals surface area contributed by atoms with Crippen molar-refractivity contribution in [2.75, 3.05) is 197 Å². The Kier molecular flexibility index (Phi) is 42.9. The third-order valence-corrected chi connectivity index (χ3v) is 8.28. The number of esters is 2. The maximum atomic E-state index is 12.4. The second-order valence-corrected chi connectivity index (χ2v) is 13.5. The Morgan fingerprint density at radius 2 is 0.842 bits per heavy atom. The molecular weight excluding hydrogens is 776 g/mol. The number of hydrogen-bond donors (Lipinski definition) is 1. The molecule has 0 rings (SSSR count). The standard InChI is InChI=1S/C38H72O18S/c1-5-36(40)56-33-35(39)32-54-30-31-57-34-38(2,3)37(41)55-29-28-53-27-26-52-25-24-51-23-22-50-21-20-49-19-18-48-17-16-47-15-14-46-13-12-45-11-10-44-9-8-43-7-6-42-4/h5,35,39H,1,6-34H2,2-4H3. The van der Waals surface area contributed by atoms with Crippen molar-refractivity contribution in [3.8, 4) is 0 Å². The van der Waals surface area contributed by atoms with Crippen LogP contribution in [0.15, 0.2) is 12.7 Å². The molecule has 0 radical (unpaired) electrons. The van der Waals surface area contributed by atoms with Gasteiger partial charge in [0.05, 0.1) is 171 Å². The molecule has 18 nitrogen and oxygen atoms in total. The lowest BCUT2D eigenvalue weighted by Crippen LogP contribution is -2.30. The van der Waals surface area contributed by atoms with Crippen LogP contribution < -0.4 is 0 Å². The van der Waals surface area contributed by atoms with Crippen LogP contribution in [0.5, 0.6) is 0 Å². The number of thioether (sulfide) groups is 1. The quantitative estimate of drug-likeness (QED) is 0.0522. The molecule has 0 aliphatic rings. The van der Waals surface area contributed by atoms with Gasteiger partial charge >= 0.3 is 11.9 Å². The molecule has 0 aliphatic carbocycles. The lowest BCUT2D eigenvalue weighted by molar-refractivity contribution is -0.154. The molecule has 0 aromatic carbocycles. The van der Waals surface area contributed by atoms with Crippen molar-refractivity contribution in [3.63, 3.8) is 0 Å². The normalized spacial score (nSPS) is 12.2. The predicted octanol–water partition coefficient (Wildman–Crippen LogP) is 1.22. The van der Waals surface area contributed by atoms with Crippen LogP contribution in [0.2, 0.25) is 0 Å². The van der Waals surface area contributed by atoms with Crippen LogP contribution in [-0.4, -0.2) is 220 Å². The number of methoxy groups -OCH3 is 1. The first-order valence-electron chi connectivity index (χ1n) is 19.5. The predicted molar refractivity (Wildman–Crippen MR) is 211 cm³/mol. The summed E-state index contributed by atoms with van der Waals surface area (Å²) in [5, 5.41) is 9.71. The highest BCUT2D eigenvalue weighted by molar-refractivity contribution is 7.99. The summed E-state index contributed by atoms with van der Waals surface area (Å²) in [5.74, 6) is 0.274. The van der Waals surface area contributed by atoms with Gasteiger partial charge in [0.2, 0.25) is 0 Å². The number of carbonyl (C=O) groups is 2. The van der Waals surface area contributed by atoms with Gasteiger partial charge in [-0.15, -0.1) is 0 Å². The minimum Gasteiger partial charge on any atom is -0.463 e. The van der Waals surface area contributed by atoms with Crippen molar-refractivity contribution >= 4 is 23.7 Å². The highest BCUT2D eigenvalue weighted by atomic mass is 32.2. The van der Waals surface area contributed by atoms with Gasteiger partial charge in [0.15, 0.2) is 0 Å². The van der Waals surface area contributed by atoms with Crippen LogP contribution >= 0.6 is 11.8 Å². The van der Waals surface area contributed by atoms with E-state index in [1.165, 1.54) is 0 Å². The summed E-state index contributed by atoms with van der Waals surface area (Å²) in [6.45, 7) is 18.4. The van der Waals surface area contributed by atoms with Gasteiger partial charge in [0.25, 0.3) is 0 Å². The van der Waals surface area contributed by atoms with Crippen molar-refractivity contribution in [2.45, 2.75) is 20.0 Å². The first-order valence-corrected chi connectivity index (χ1v) is 20.6. The molecule has 0 amide bonds. The first-order chi connectivity index (χ1) is 27.8. The molecule has 0 heterocycles. The highest BCUT2D eigenvalue weighted by Gasteiger charge is 2.29. The smallest absolute Gasteiger partial charge is 0.330 e. The van der Waals surface area contributed by atoms with Crippen molar-refractivity contribution in [2.24, 2.45) is 5.41 Å². The van der Waals surface area contributed by atoms with Gasteiger partial charge in [0.1, 0.15) is 19.3 Å². The fraction of sp³-hybridized carbons (Fsp3) is 0.895. The molecule has 0 bridgehead atoms. The van der Waals surface area contributed by atoms with Crippen LogP contribution in [0.3, 0.4) is 0 Å². The highest BCUT2D eigenvalue weighted by Crippen LogP contribution is 2.23. The average molecular weight is 849 g/mol. The molecule has 1 atom stereocenters. The number of rotatable bonds is 47. The molecular formula is C38H72O18S. The number of aliphatic hydroxyl groups excluding tert-OH is 1. The van der Waals surface area contributed by atoms with Crippen LogP contribution in [0.25, 0.3) is 0 Å². The summed E-state index contributed by atoms with van der Waals surface area (Å²) in [6, 6.07) is 0. The maximum Gasteiger partial charge on any atom is 0.330 e. The van der Waals surface area contributed by atoms with E-state index in [2.05, 4.69) is 6.58 Å². The lowest BCUT2D eigenvalue weighted by Gasteiger charge is -2.22. The molecule has 0 saturated heterocycles. The van der Waals surface area contributed by atoms with E-state index in [1.54, 1.807) is 18.9 Å². The van der Waals surface area contributed by atoms with E-state index in [9.17, 15) is 14.7 Å². The Bertz CT molecular complexity index is 887. The fourth-order valence-electron chi connectivity index (χ4n) is 3.84. The molecule has 57 heavy (non-hydrogen) atoms. The monoisotopic (exact) mass is 848 g/mol. The van der Waals surface area contributed by atoms with Crippen LogP contribution in [0.4, 0.5) is 0 Å². The van der Waals surface area contributed by atoms with Gasteiger partial charge in [-0.05, 0) is 13.8 Å². The summed E-state index contributed by atoms with van der Waals surface area (Å²) >= 11 is 1.54. The molecule has 338 valence electrons. The van der Waals surface area contributed by atoms with Gasteiger partial charge in [-0.3, -0.25) is 4.79 Å². The zero-order chi connectivity index (χ0) is 41.8. The van der Waals surface area contributed by atoms with Gasteiger partial charge in [-0.2, -0.15) is 11.8 Å². The molecule has 19 heteroatoms. The molecule has 0 aliphatic heterocycles. The van der Waals surface area contributed by atoms with E-state index in [1.807, 2.05) is 13.8 Å². The minimum atomic E-state index is -0.907. The van der Waals surface area contributed by atoms with E-state index in [0.717, 1.165) is 6.08 Å². The van der Waals surface area contributed by atoms with E-state index >= 15 is 0 Å². The van der Waals surface area contributed by atoms with Crippen molar-refractivity contribution in [1.82, 2.24) is 0 Å². The van der Waals surface area contributed by atoms with Gasteiger partial charge in [0, 0.05) is 24.7 Å². The van der Waals surface area contributed by atoms with Crippen molar-refractivity contribution in [3.05, 3.63) is 12.7 Å². The van der Waals surface area contributed by atoms with Gasteiger partial charge in [-0.1, -0.05) is 6.58 Å². The first kappa shape index (κ1) is 55.5. The Morgan fingerprint density at radius 1 is 0.509 bits per heavy atom. The number of aliphatic hydroxyl groups is 1. The average Bonchev–Trinajstić information content (AvgIpc) is 3.20. The molecule has 0 saturated carbocycles. The Labute approximate surface area is 343 Å². The van der Waals surface area contributed by atoms with Gasteiger partial charge in [-0.25, -0.2) is 4.79 Å². The van der Waals surface area contributed by atoms with Crippen molar-refractivity contribution in [1.29, 1.82) is 0 Å². The van der Waals surface area contributed by atoms with Crippen LogP contribution in [0.1, 0.15) is 13.8 Å². The molecule has 0 aromatic rings. The molecule has 0 fully saturated rings. The van der Waals surface area contributed by atoms with E-state index < -0.39 is 17.5 Å². The van der Waals surface area contributed by atoms with Crippen LogP contribution in [0, 0.1) is 5.41 Å². The zero-order valence-corrected chi connectivity index (χ0v) is 35.5. The third kappa shape index (κ3) is 42.4. The molecule has 0 spiro atoms. The van der Waals surface area contributed by atoms with Crippen LogP contribution in [-0.2, 0) is 80.6 Å². The van der Waals surface area contributed by atoms with E-state index in [0.29, 0.717) is 163 Å². The minimum absolute atomic E-state index is 0.0447. The SMILES string of the molecule is C=CC(=O)OCC(O)COCCSCC(C)(C)C(=O)OCCOCCOCCOCCOCCOCCOCCOCCOCCOCCOCCOCCOC. The van der Waals surface area contributed by atoms with Gasteiger partial charge < -0.3 is 76.2 Å². The fourth-order valence-corrected chi connectivity index (χ4v) is 4.85. The summed E-state index contributed by atoms with van der Waals surface area (Å²) in [6.07, 6.45) is 0.123. The van der Waals surface area contributed by atoms with Crippen molar-refractivity contribution < 1.29 is 85.7 Å². The van der Waals surface area contributed by atoms with E-state index in [-0.39, 0.29) is 32.4 Å². The largest absolute Gasteiger partial charge is 0.463 e. The summed E-state index contributed by atoms with van der Waals surface area (Å²) in [5.41, 5.74) is -0.675.